The molecule has 0 unspecified atom stereocenters. The number of hydrogen-bond acceptors (Lipinski definition) is 2. The van der Waals surface area contributed by atoms with Crippen molar-refractivity contribution >= 4 is 11.9 Å². The highest BCUT2D eigenvalue weighted by Gasteiger charge is 2.13. The molecule has 0 aliphatic heterocycles. The lowest BCUT2D eigenvalue weighted by atomic mass is 9.96. The van der Waals surface area contributed by atoms with Crippen LogP contribution >= 0.6 is 0 Å². The third-order valence-corrected chi connectivity index (χ3v) is 3.94. The van der Waals surface area contributed by atoms with E-state index >= 15 is 0 Å². The fourth-order valence-electron chi connectivity index (χ4n) is 2.70. The largest absolute Gasteiger partial charge is 0.370 e. The van der Waals surface area contributed by atoms with Crippen LogP contribution in [0.25, 0.3) is 0 Å². The molecule has 1 aromatic rings. The van der Waals surface area contributed by atoms with Crippen LogP contribution in [0.3, 0.4) is 0 Å². The van der Waals surface area contributed by atoms with E-state index in [-0.39, 0.29) is 5.91 Å². The summed E-state index contributed by atoms with van der Waals surface area (Å²) in [5.74, 6) is 0.468. The van der Waals surface area contributed by atoms with E-state index in [4.69, 9.17) is 5.73 Å². The van der Waals surface area contributed by atoms with Gasteiger partial charge in [0, 0.05) is 18.2 Å². The first kappa shape index (κ1) is 16.3. The van der Waals surface area contributed by atoms with Gasteiger partial charge in [-0.3, -0.25) is 4.79 Å². The highest BCUT2D eigenvalue weighted by Crippen LogP contribution is 2.17. The number of rotatable bonds is 5. The Morgan fingerprint density at radius 3 is 2.55 bits per heavy atom. The van der Waals surface area contributed by atoms with Crippen molar-refractivity contribution < 1.29 is 4.79 Å². The molecule has 1 aromatic carbocycles. The number of amides is 1. The number of carbonyl (C=O) groups is 1. The second-order valence-corrected chi connectivity index (χ2v) is 5.74. The quantitative estimate of drug-likeness (QED) is 0.576. The summed E-state index contributed by atoms with van der Waals surface area (Å²) in [6, 6.07) is 7.95. The summed E-state index contributed by atoms with van der Waals surface area (Å²) in [5.41, 5.74) is 7.66. The van der Waals surface area contributed by atoms with Crippen LogP contribution in [0, 0.1) is 0 Å². The highest BCUT2D eigenvalue weighted by atomic mass is 16.1. The summed E-state index contributed by atoms with van der Waals surface area (Å²) >= 11 is 0. The van der Waals surface area contributed by atoms with E-state index in [1.807, 2.05) is 31.2 Å². The Bertz CT molecular complexity index is 504. The number of aliphatic imine (C=N–C) groups is 1. The molecule has 1 fully saturated rings. The Morgan fingerprint density at radius 2 is 1.91 bits per heavy atom. The summed E-state index contributed by atoms with van der Waals surface area (Å²) in [7, 11) is 0. The van der Waals surface area contributed by atoms with Gasteiger partial charge in [-0.25, -0.2) is 4.99 Å². The van der Waals surface area contributed by atoms with Gasteiger partial charge in [0.05, 0.1) is 6.54 Å². The molecular weight excluding hydrogens is 276 g/mol. The van der Waals surface area contributed by atoms with Crippen molar-refractivity contribution in [1.29, 1.82) is 0 Å². The van der Waals surface area contributed by atoms with Gasteiger partial charge in [-0.15, -0.1) is 0 Å². The maximum atomic E-state index is 11.7. The normalized spacial score (nSPS) is 16.3. The lowest BCUT2D eigenvalue weighted by Gasteiger charge is -2.23. The summed E-state index contributed by atoms with van der Waals surface area (Å²) in [6.45, 7) is 3.07. The predicted molar refractivity (Wildman–Crippen MR) is 89.8 cm³/mol. The van der Waals surface area contributed by atoms with Crippen LogP contribution in [0.15, 0.2) is 29.3 Å². The first-order valence-corrected chi connectivity index (χ1v) is 8.12. The number of nitrogens with two attached hydrogens (primary N) is 1. The van der Waals surface area contributed by atoms with Crippen molar-refractivity contribution in [3.63, 3.8) is 0 Å². The van der Waals surface area contributed by atoms with Crippen molar-refractivity contribution in [2.45, 2.75) is 51.6 Å². The monoisotopic (exact) mass is 302 g/mol. The van der Waals surface area contributed by atoms with Crippen LogP contribution in [0.1, 0.15) is 54.9 Å². The van der Waals surface area contributed by atoms with Crippen molar-refractivity contribution in [3.05, 3.63) is 35.4 Å². The number of hydrogen-bond donors (Lipinski definition) is 3. The Hall–Kier alpha value is -2.04. The lowest BCUT2D eigenvalue weighted by molar-refractivity contribution is 0.0956. The van der Waals surface area contributed by atoms with Crippen molar-refractivity contribution in [1.82, 2.24) is 10.6 Å². The number of guanidine groups is 1. The zero-order valence-corrected chi connectivity index (χ0v) is 13.3. The first-order chi connectivity index (χ1) is 10.7. The van der Waals surface area contributed by atoms with Gasteiger partial charge in [0.25, 0.3) is 5.91 Å². The van der Waals surface area contributed by atoms with E-state index in [0.29, 0.717) is 30.7 Å². The zero-order chi connectivity index (χ0) is 15.8. The molecule has 5 heteroatoms. The minimum atomic E-state index is -0.0453. The number of benzene rings is 1. The van der Waals surface area contributed by atoms with Crippen molar-refractivity contribution in [3.8, 4) is 0 Å². The van der Waals surface area contributed by atoms with Crippen LogP contribution < -0.4 is 16.4 Å². The van der Waals surface area contributed by atoms with E-state index < -0.39 is 0 Å². The summed E-state index contributed by atoms with van der Waals surface area (Å²) in [6.07, 6.45) is 6.22. The Morgan fingerprint density at radius 1 is 1.23 bits per heavy atom. The van der Waals surface area contributed by atoms with Crippen LogP contribution in [-0.4, -0.2) is 24.5 Å². The van der Waals surface area contributed by atoms with Gasteiger partial charge >= 0.3 is 0 Å². The zero-order valence-electron chi connectivity index (χ0n) is 13.3. The molecule has 0 heterocycles. The van der Waals surface area contributed by atoms with Gasteiger partial charge in [0.1, 0.15) is 0 Å². The SMILES string of the molecule is CCNC(=O)c1ccc(CN=C(N)NC2CCCCC2)cc1. The van der Waals surface area contributed by atoms with E-state index in [2.05, 4.69) is 15.6 Å². The summed E-state index contributed by atoms with van der Waals surface area (Å²) < 4.78 is 0. The second kappa shape index (κ2) is 8.41. The molecule has 1 saturated carbocycles. The predicted octanol–water partition coefficient (Wildman–Crippen LogP) is 2.17. The van der Waals surface area contributed by atoms with E-state index in [0.717, 1.165) is 5.56 Å². The van der Waals surface area contributed by atoms with Crippen LogP contribution in [0.5, 0.6) is 0 Å². The van der Waals surface area contributed by atoms with E-state index in [1.165, 1.54) is 32.1 Å². The molecule has 5 nitrogen and oxygen atoms in total. The molecule has 1 aliphatic carbocycles. The lowest BCUT2D eigenvalue weighted by Crippen LogP contribution is -2.41. The summed E-state index contributed by atoms with van der Waals surface area (Å²) in [5, 5.41) is 6.08. The Balaban J connectivity index is 1.84. The van der Waals surface area contributed by atoms with Gasteiger partial charge in [-0.1, -0.05) is 31.4 Å². The van der Waals surface area contributed by atoms with Crippen LogP contribution in [0.2, 0.25) is 0 Å². The number of carbonyl (C=O) groups excluding carboxylic acids is 1. The Labute approximate surface area is 132 Å². The van der Waals surface area contributed by atoms with Crippen molar-refractivity contribution in [2.24, 2.45) is 10.7 Å². The van der Waals surface area contributed by atoms with Crippen LogP contribution in [-0.2, 0) is 6.54 Å². The van der Waals surface area contributed by atoms with E-state index in [9.17, 15) is 4.79 Å². The van der Waals surface area contributed by atoms with Crippen molar-refractivity contribution in [2.75, 3.05) is 6.54 Å². The van der Waals surface area contributed by atoms with Gasteiger partial charge in [-0.05, 0) is 37.5 Å². The molecule has 0 spiro atoms. The fraction of sp³-hybridized carbons (Fsp3) is 0.529. The summed E-state index contributed by atoms with van der Waals surface area (Å²) in [4.78, 5) is 16.1. The maximum Gasteiger partial charge on any atom is 0.251 e. The molecule has 4 N–H and O–H groups in total. The number of nitrogens with one attached hydrogen (secondary N) is 2. The topological polar surface area (TPSA) is 79.5 Å². The third kappa shape index (κ3) is 5.06. The number of nitrogens with zero attached hydrogens (tertiary/aromatic N) is 1. The Kier molecular flexibility index (Phi) is 6.25. The molecule has 0 radical (unpaired) electrons. The minimum absolute atomic E-state index is 0.0453. The van der Waals surface area contributed by atoms with Gasteiger partial charge in [-0.2, -0.15) is 0 Å². The smallest absolute Gasteiger partial charge is 0.251 e. The average molecular weight is 302 g/mol. The third-order valence-electron chi connectivity index (χ3n) is 3.94. The minimum Gasteiger partial charge on any atom is -0.370 e. The van der Waals surface area contributed by atoms with Gasteiger partial charge in [0.15, 0.2) is 5.96 Å². The molecule has 0 saturated heterocycles. The molecule has 22 heavy (non-hydrogen) atoms. The molecule has 0 aromatic heterocycles. The highest BCUT2D eigenvalue weighted by molar-refractivity contribution is 5.94. The molecule has 120 valence electrons. The molecule has 1 aliphatic rings. The van der Waals surface area contributed by atoms with E-state index in [1.54, 1.807) is 0 Å². The van der Waals surface area contributed by atoms with Crippen LogP contribution in [0.4, 0.5) is 0 Å². The van der Waals surface area contributed by atoms with Gasteiger partial charge in [0.2, 0.25) is 0 Å². The van der Waals surface area contributed by atoms with Gasteiger partial charge < -0.3 is 16.4 Å². The standard InChI is InChI=1S/C17H26N4O/c1-2-19-16(22)14-10-8-13(9-11-14)12-20-17(18)21-15-6-4-3-5-7-15/h8-11,15H,2-7,12H2,1H3,(H,19,22)(H3,18,20,21). The molecule has 0 atom stereocenters. The molecule has 1 amide bonds. The molecule has 2 rings (SSSR count). The molecular formula is C17H26N4O. The maximum absolute atomic E-state index is 11.7. The average Bonchev–Trinajstić information content (AvgIpc) is 2.54. The second-order valence-electron chi connectivity index (χ2n) is 5.74. The molecule has 0 bridgehead atoms. The fourth-order valence-corrected chi connectivity index (χ4v) is 2.70. The first-order valence-electron chi connectivity index (χ1n) is 8.12.